The van der Waals surface area contributed by atoms with E-state index in [0.29, 0.717) is 6.04 Å². The van der Waals surface area contributed by atoms with Crippen LogP contribution in [-0.2, 0) is 6.42 Å². The highest BCUT2D eigenvalue weighted by Crippen LogP contribution is 2.31. The number of hydrogen-bond donors (Lipinski definition) is 1. The minimum absolute atomic E-state index is 0.319. The third-order valence-corrected chi connectivity index (χ3v) is 4.83. The second-order valence-corrected chi connectivity index (χ2v) is 6.18. The third-order valence-electron chi connectivity index (χ3n) is 3.85. The van der Waals surface area contributed by atoms with Gasteiger partial charge in [-0.2, -0.15) is 0 Å². The summed E-state index contributed by atoms with van der Waals surface area (Å²) in [6.07, 6.45) is 2.82. The molecule has 1 N–H and O–H groups in total. The number of aromatic nitrogens is 1. The predicted molar refractivity (Wildman–Crippen MR) is 90.9 cm³/mol. The summed E-state index contributed by atoms with van der Waals surface area (Å²) in [5.74, 6) is 0. The van der Waals surface area contributed by atoms with Gasteiger partial charge in [0.25, 0.3) is 0 Å². The highest BCUT2D eigenvalue weighted by atomic mass is 32.1. The molecule has 0 fully saturated rings. The third kappa shape index (κ3) is 2.99. The molecule has 3 heteroatoms. The molecule has 0 radical (unpaired) electrons. The molecule has 3 rings (SSSR count). The van der Waals surface area contributed by atoms with Crippen molar-refractivity contribution in [3.8, 4) is 0 Å². The highest BCUT2D eigenvalue weighted by Gasteiger charge is 2.17. The fourth-order valence-electron chi connectivity index (χ4n) is 2.73. The first kappa shape index (κ1) is 14.2. The largest absolute Gasteiger partial charge is 0.310 e. The zero-order valence-electron chi connectivity index (χ0n) is 12.5. The first-order valence-corrected chi connectivity index (χ1v) is 8.27. The summed E-state index contributed by atoms with van der Waals surface area (Å²) in [6.45, 7) is 5.25. The van der Waals surface area contributed by atoms with E-state index >= 15 is 0 Å². The van der Waals surface area contributed by atoms with Crippen molar-refractivity contribution in [2.75, 3.05) is 6.54 Å². The number of aryl methyl sites for hydroxylation is 1. The second kappa shape index (κ2) is 6.37. The predicted octanol–water partition coefficient (Wildman–Crippen LogP) is 4.50. The van der Waals surface area contributed by atoms with Gasteiger partial charge in [-0.3, -0.25) is 4.98 Å². The number of fused-ring (bicyclic) bond motifs is 1. The van der Waals surface area contributed by atoms with Crippen LogP contribution < -0.4 is 5.32 Å². The number of nitrogens with zero attached hydrogens (tertiary/aromatic N) is 1. The number of thiophene rings is 1. The molecule has 0 amide bonds. The van der Waals surface area contributed by atoms with Crippen LogP contribution >= 0.6 is 11.3 Å². The van der Waals surface area contributed by atoms with Gasteiger partial charge in [-0.1, -0.05) is 31.2 Å². The molecule has 1 unspecified atom stereocenters. The van der Waals surface area contributed by atoms with Gasteiger partial charge in [0.1, 0.15) is 0 Å². The summed E-state index contributed by atoms with van der Waals surface area (Å²) in [5, 5.41) is 7.27. The van der Waals surface area contributed by atoms with E-state index in [9.17, 15) is 0 Å². The van der Waals surface area contributed by atoms with Crippen molar-refractivity contribution in [3.63, 3.8) is 0 Å². The summed E-state index contributed by atoms with van der Waals surface area (Å²) in [5.41, 5.74) is 3.83. The maximum absolute atomic E-state index is 4.55. The van der Waals surface area contributed by atoms with Crippen LogP contribution in [0.15, 0.2) is 48.0 Å². The number of pyridine rings is 1. The van der Waals surface area contributed by atoms with E-state index in [1.54, 1.807) is 0 Å². The second-order valence-electron chi connectivity index (χ2n) is 5.27. The van der Waals surface area contributed by atoms with E-state index in [1.165, 1.54) is 26.9 Å². The molecular weight excluding hydrogens is 276 g/mol. The van der Waals surface area contributed by atoms with Crippen molar-refractivity contribution in [2.45, 2.75) is 26.3 Å². The molecular formula is C18H20N2S. The highest BCUT2D eigenvalue weighted by molar-refractivity contribution is 7.17. The maximum atomic E-state index is 4.55. The fraction of sp³-hybridized carbons (Fsp3) is 0.278. The van der Waals surface area contributed by atoms with Crippen molar-refractivity contribution >= 4 is 21.4 Å². The summed E-state index contributed by atoms with van der Waals surface area (Å²) < 4.78 is 1.35. The van der Waals surface area contributed by atoms with Gasteiger partial charge in [0.15, 0.2) is 0 Å². The first-order valence-electron chi connectivity index (χ1n) is 7.39. The topological polar surface area (TPSA) is 24.9 Å². The number of likely N-dealkylation sites (N-methyl/N-ethyl adjacent to an activating group) is 1. The van der Waals surface area contributed by atoms with Crippen LogP contribution in [0.4, 0.5) is 0 Å². The minimum atomic E-state index is 0.319. The lowest BCUT2D eigenvalue weighted by atomic mass is 9.99. The lowest BCUT2D eigenvalue weighted by molar-refractivity contribution is 0.547. The standard InChI is InChI=1S/C18H20N2S/c1-3-19-17(11-16-13(2)7-6-10-20-16)15-12-21-18-9-5-4-8-14(15)18/h4-10,12,17,19H,3,11H2,1-2H3. The summed E-state index contributed by atoms with van der Waals surface area (Å²) in [6, 6.07) is 13.1. The summed E-state index contributed by atoms with van der Waals surface area (Å²) in [7, 11) is 0. The Balaban J connectivity index is 1.96. The monoisotopic (exact) mass is 296 g/mol. The van der Waals surface area contributed by atoms with E-state index in [1.807, 2.05) is 23.6 Å². The summed E-state index contributed by atoms with van der Waals surface area (Å²) in [4.78, 5) is 4.55. The molecule has 0 aliphatic heterocycles. The van der Waals surface area contributed by atoms with Gasteiger partial charge in [0, 0.05) is 29.1 Å². The average Bonchev–Trinajstić information content (AvgIpc) is 2.93. The van der Waals surface area contributed by atoms with Gasteiger partial charge in [-0.05, 0) is 47.5 Å². The molecule has 1 atom stereocenters. The molecule has 108 valence electrons. The Morgan fingerprint density at radius 1 is 1.19 bits per heavy atom. The van der Waals surface area contributed by atoms with Crippen molar-refractivity contribution in [2.24, 2.45) is 0 Å². The molecule has 1 aromatic carbocycles. The molecule has 0 saturated heterocycles. The molecule has 21 heavy (non-hydrogen) atoms. The zero-order chi connectivity index (χ0) is 14.7. The van der Waals surface area contributed by atoms with Crippen LogP contribution in [0.3, 0.4) is 0 Å². The van der Waals surface area contributed by atoms with Gasteiger partial charge < -0.3 is 5.32 Å². The maximum Gasteiger partial charge on any atom is 0.0451 e. The lowest BCUT2D eigenvalue weighted by Crippen LogP contribution is -2.23. The number of benzene rings is 1. The number of nitrogens with one attached hydrogen (secondary N) is 1. The molecule has 3 aromatic rings. The first-order chi connectivity index (χ1) is 10.3. The van der Waals surface area contributed by atoms with Gasteiger partial charge in [0.05, 0.1) is 0 Å². The number of rotatable bonds is 5. The smallest absolute Gasteiger partial charge is 0.0451 e. The van der Waals surface area contributed by atoms with E-state index in [4.69, 9.17) is 0 Å². The van der Waals surface area contributed by atoms with Crippen LogP contribution in [0.1, 0.15) is 29.8 Å². The van der Waals surface area contributed by atoms with Crippen molar-refractivity contribution in [3.05, 3.63) is 64.8 Å². The normalized spacial score (nSPS) is 12.7. The van der Waals surface area contributed by atoms with Crippen molar-refractivity contribution in [1.82, 2.24) is 10.3 Å². The Hall–Kier alpha value is -1.71. The van der Waals surface area contributed by atoms with E-state index in [0.717, 1.165) is 13.0 Å². The van der Waals surface area contributed by atoms with E-state index < -0.39 is 0 Å². The van der Waals surface area contributed by atoms with Gasteiger partial charge in [0.2, 0.25) is 0 Å². The van der Waals surface area contributed by atoms with Gasteiger partial charge in [-0.25, -0.2) is 0 Å². The van der Waals surface area contributed by atoms with Crippen LogP contribution in [-0.4, -0.2) is 11.5 Å². The average molecular weight is 296 g/mol. The molecule has 0 bridgehead atoms. The molecule has 0 spiro atoms. The zero-order valence-corrected chi connectivity index (χ0v) is 13.3. The lowest BCUT2D eigenvalue weighted by Gasteiger charge is -2.18. The fourth-order valence-corrected chi connectivity index (χ4v) is 3.75. The molecule has 2 aromatic heterocycles. The quantitative estimate of drug-likeness (QED) is 0.750. The van der Waals surface area contributed by atoms with Gasteiger partial charge in [-0.15, -0.1) is 11.3 Å². The molecule has 2 nitrogen and oxygen atoms in total. The van der Waals surface area contributed by atoms with Gasteiger partial charge >= 0.3 is 0 Å². The Labute approximate surface area is 129 Å². The van der Waals surface area contributed by atoms with Crippen molar-refractivity contribution < 1.29 is 0 Å². The molecule has 0 aliphatic carbocycles. The number of hydrogen-bond acceptors (Lipinski definition) is 3. The Bertz CT molecular complexity index is 733. The van der Waals surface area contributed by atoms with Crippen LogP contribution in [0, 0.1) is 6.92 Å². The minimum Gasteiger partial charge on any atom is -0.310 e. The van der Waals surface area contributed by atoms with Crippen LogP contribution in [0.2, 0.25) is 0 Å². The molecule has 0 saturated carbocycles. The molecule has 2 heterocycles. The van der Waals surface area contributed by atoms with Crippen molar-refractivity contribution in [1.29, 1.82) is 0 Å². The summed E-state index contributed by atoms with van der Waals surface area (Å²) >= 11 is 1.82. The molecule has 0 aliphatic rings. The van der Waals surface area contributed by atoms with E-state index in [-0.39, 0.29) is 0 Å². The van der Waals surface area contributed by atoms with E-state index in [2.05, 4.69) is 59.9 Å². The Morgan fingerprint density at radius 3 is 2.86 bits per heavy atom. The Kier molecular flexibility index (Phi) is 4.32. The Morgan fingerprint density at radius 2 is 2.05 bits per heavy atom. The van der Waals surface area contributed by atoms with Crippen LogP contribution in [0.25, 0.3) is 10.1 Å². The van der Waals surface area contributed by atoms with Crippen LogP contribution in [0.5, 0.6) is 0 Å². The SMILES string of the molecule is CCNC(Cc1ncccc1C)c1csc2ccccc12.